The molecule has 13 heteroatoms. The Bertz CT molecular complexity index is 1570. The zero-order valence-electron chi connectivity index (χ0n) is 25.0. The van der Waals surface area contributed by atoms with Gasteiger partial charge in [0.15, 0.2) is 0 Å². The van der Waals surface area contributed by atoms with Crippen molar-refractivity contribution in [1.29, 1.82) is 0 Å². The van der Waals surface area contributed by atoms with Crippen molar-refractivity contribution in [2.45, 2.75) is 76.2 Å². The molecule has 46 heavy (non-hydrogen) atoms. The molecule has 2 saturated heterocycles. The van der Waals surface area contributed by atoms with Crippen LogP contribution in [0.25, 0.3) is 11.1 Å². The summed E-state index contributed by atoms with van der Waals surface area (Å²) in [5.74, 6) is 1.32. The van der Waals surface area contributed by atoms with Crippen LogP contribution >= 0.6 is 0 Å². The lowest BCUT2D eigenvalue weighted by atomic mass is 9.96. The summed E-state index contributed by atoms with van der Waals surface area (Å²) in [5.41, 5.74) is -0.497. The second-order valence-corrected chi connectivity index (χ2v) is 12.0. The van der Waals surface area contributed by atoms with E-state index in [-0.39, 0.29) is 25.3 Å². The number of alkyl halides is 6. The predicted molar refractivity (Wildman–Crippen MR) is 156 cm³/mol. The van der Waals surface area contributed by atoms with Gasteiger partial charge in [0, 0.05) is 30.8 Å². The van der Waals surface area contributed by atoms with Gasteiger partial charge >= 0.3 is 18.4 Å². The molecule has 1 aromatic heterocycles. The maximum atomic E-state index is 13.6. The summed E-state index contributed by atoms with van der Waals surface area (Å²) in [5, 5.41) is 9.37. The van der Waals surface area contributed by atoms with Crippen LogP contribution in [0.3, 0.4) is 0 Å². The summed E-state index contributed by atoms with van der Waals surface area (Å²) in [4.78, 5) is 21.5. The van der Waals surface area contributed by atoms with Crippen LogP contribution in [0, 0.1) is 0 Å². The molecule has 2 atom stereocenters. The molecule has 3 aliphatic rings. The molecule has 246 valence electrons. The smallest absolute Gasteiger partial charge is 0.416 e. The highest BCUT2D eigenvalue weighted by atomic mass is 19.4. The maximum Gasteiger partial charge on any atom is 0.416 e. The Morgan fingerprint density at radius 3 is 2.24 bits per heavy atom. The summed E-state index contributed by atoms with van der Waals surface area (Å²) in [6, 6.07) is 9.89. The van der Waals surface area contributed by atoms with Crippen molar-refractivity contribution in [2.75, 3.05) is 24.6 Å². The second kappa shape index (κ2) is 12.3. The van der Waals surface area contributed by atoms with Gasteiger partial charge < -0.3 is 19.5 Å². The third-order valence-corrected chi connectivity index (χ3v) is 8.57. The molecule has 6 rings (SSSR count). The molecule has 1 amide bonds. The first-order valence-corrected chi connectivity index (χ1v) is 15.2. The lowest BCUT2D eigenvalue weighted by Crippen LogP contribution is -2.38. The van der Waals surface area contributed by atoms with Gasteiger partial charge in [0.1, 0.15) is 17.7 Å². The van der Waals surface area contributed by atoms with Gasteiger partial charge in [-0.1, -0.05) is 6.07 Å². The number of hydrogen-bond donors (Lipinski definition) is 1. The molecule has 2 aromatic carbocycles. The zero-order valence-corrected chi connectivity index (χ0v) is 25.0. The first kappa shape index (κ1) is 32.0. The van der Waals surface area contributed by atoms with E-state index in [0.717, 1.165) is 43.5 Å². The average Bonchev–Trinajstić information content (AvgIpc) is 3.75. The molecule has 0 spiro atoms. The number of halogens is 6. The molecule has 2 aliphatic heterocycles. The van der Waals surface area contributed by atoms with Crippen molar-refractivity contribution in [3.8, 4) is 16.9 Å². The average molecular weight is 650 g/mol. The zero-order chi connectivity index (χ0) is 32.8. The number of aryl methyl sites for hydroxylation is 1. The Hall–Kier alpha value is -4.00. The largest absolute Gasteiger partial charge is 0.490 e. The molecule has 1 aliphatic carbocycles. The summed E-state index contributed by atoms with van der Waals surface area (Å²) in [6.07, 6.45) is -8.22. The highest BCUT2D eigenvalue weighted by Crippen LogP contribution is 2.43. The van der Waals surface area contributed by atoms with E-state index in [1.807, 2.05) is 30.3 Å². The molecular formula is C33H33F6N3O4. The van der Waals surface area contributed by atoms with Gasteiger partial charge in [-0.25, -0.2) is 9.78 Å². The molecule has 1 saturated carbocycles. The molecule has 0 bridgehead atoms. The fraction of sp³-hybridized carbons (Fsp3) is 0.455. The van der Waals surface area contributed by atoms with E-state index in [1.165, 1.54) is 11.8 Å². The van der Waals surface area contributed by atoms with Gasteiger partial charge in [-0.15, -0.1) is 0 Å². The number of amides is 1. The number of nitrogens with zero attached hydrogens (tertiary/aromatic N) is 3. The van der Waals surface area contributed by atoms with Gasteiger partial charge in [0.2, 0.25) is 0 Å². The number of benzene rings is 2. The van der Waals surface area contributed by atoms with Gasteiger partial charge in [0.25, 0.3) is 0 Å². The van der Waals surface area contributed by atoms with E-state index in [9.17, 15) is 36.2 Å². The number of cyclic esters (lactones) is 1. The molecule has 3 heterocycles. The van der Waals surface area contributed by atoms with Gasteiger partial charge in [-0.05, 0) is 92.6 Å². The summed E-state index contributed by atoms with van der Waals surface area (Å²) in [7, 11) is 0. The first-order chi connectivity index (χ1) is 21.8. The van der Waals surface area contributed by atoms with Crippen LogP contribution in [-0.4, -0.2) is 52.9 Å². The van der Waals surface area contributed by atoms with E-state index in [0.29, 0.717) is 47.8 Å². The quantitative estimate of drug-likeness (QED) is 0.229. The van der Waals surface area contributed by atoms with Gasteiger partial charge in [0.05, 0.1) is 35.5 Å². The number of carbonyl (C=O) groups excluding carboxylic acids is 1. The molecule has 3 fully saturated rings. The van der Waals surface area contributed by atoms with Crippen LogP contribution in [0.1, 0.15) is 66.7 Å². The minimum Gasteiger partial charge on any atom is -0.490 e. The number of carbonyl (C=O) groups is 1. The fourth-order valence-electron chi connectivity index (χ4n) is 5.74. The fourth-order valence-corrected chi connectivity index (χ4v) is 5.74. The second-order valence-electron chi connectivity index (χ2n) is 12.0. The standard InChI is InChI=1S/C33H33F6N3O4/c1-19-30(21-15-22(32(34,35)36)17-23(16-21)33(37,38)39)46-31(44)42(19)18-27-25(8-10-29(40-27)41-11-3-12-41)26-14-20(4-2-13-43)5-9-28(26)45-24-6-7-24/h5,8-10,14-17,19,24,30,43H,2-4,6-7,11-13,18H2,1H3/t19-,30-/m0/s1. The van der Waals surface area contributed by atoms with Crippen molar-refractivity contribution in [1.82, 2.24) is 9.88 Å². The van der Waals surface area contributed by atoms with Crippen LogP contribution in [0.5, 0.6) is 5.75 Å². The summed E-state index contributed by atoms with van der Waals surface area (Å²) < 4.78 is 93.2. The number of hydrogen-bond acceptors (Lipinski definition) is 6. The molecule has 0 radical (unpaired) electrons. The van der Waals surface area contributed by atoms with Gasteiger partial charge in [-0.3, -0.25) is 4.90 Å². The highest BCUT2D eigenvalue weighted by molar-refractivity contribution is 5.76. The van der Waals surface area contributed by atoms with Crippen LogP contribution < -0.4 is 9.64 Å². The summed E-state index contributed by atoms with van der Waals surface area (Å²) >= 11 is 0. The molecule has 0 unspecified atom stereocenters. The first-order valence-electron chi connectivity index (χ1n) is 15.2. The Labute approximate surface area is 261 Å². The lowest BCUT2D eigenvalue weighted by molar-refractivity contribution is -0.143. The number of rotatable bonds is 10. The third kappa shape index (κ3) is 6.74. The Morgan fingerprint density at radius 1 is 0.957 bits per heavy atom. The maximum absolute atomic E-state index is 13.6. The molecule has 1 N–H and O–H groups in total. The van der Waals surface area contributed by atoms with Crippen LogP contribution in [-0.2, 0) is 30.1 Å². The normalized spacial score (nSPS) is 20.1. The SMILES string of the molecule is C[C@H]1[C@@H](c2cc(C(F)(F)F)cc(C(F)(F)F)c2)OC(=O)N1Cc1nc(N2CCC2)ccc1-c1cc(CCCO)ccc1OC1CC1. The monoisotopic (exact) mass is 649 g/mol. The number of aliphatic hydroxyl groups excluding tert-OH is 1. The molecule has 3 aromatic rings. The number of aromatic nitrogens is 1. The third-order valence-electron chi connectivity index (χ3n) is 8.57. The van der Waals surface area contributed by atoms with Gasteiger partial charge in [-0.2, -0.15) is 26.3 Å². The van der Waals surface area contributed by atoms with Crippen molar-refractivity contribution >= 4 is 11.9 Å². The van der Waals surface area contributed by atoms with E-state index < -0.39 is 47.3 Å². The van der Waals surface area contributed by atoms with E-state index in [2.05, 4.69) is 4.90 Å². The Kier molecular flexibility index (Phi) is 8.55. The van der Waals surface area contributed by atoms with Crippen molar-refractivity contribution in [3.05, 3.63) is 76.5 Å². The van der Waals surface area contributed by atoms with E-state index in [4.69, 9.17) is 14.5 Å². The van der Waals surface area contributed by atoms with E-state index >= 15 is 0 Å². The lowest BCUT2D eigenvalue weighted by Gasteiger charge is -2.33. The van der Waals surface area contributed by atoms with Crippen molar-refractivity contribution in [2.24, 2.45) is 0 Å². The molecular weight excluding hydrogens is 616 g/mol. The minimum atomic E-state index is -5.04. The molecule has 7 nitrogen and oxygen atoms in total. The topological polar surface area (TPSA) is 75.1 Å². The number of pyridine rings is 1. The predicted octanol–water partition coefficient (Wildman–Crippen LogP) is 7.54. The number of aliphatic hydroxyl groups is 1. The van der Waals surface area contributed by atoms with E-state index in [1.54, 1.807) is 0 Å². The van der Waals surface area contributed by atoms with Crippen molar-refractivity contribution in [3.63, 3.8) is 0 Å². The number of anilines is 1. The van der Waals surface area contributed by atoms with Crippen LogP contribution in [0.2, 0.25) is 0 Å². The summed E-state index contributed by atoms with van der Waals surface area (Å²) in [6.45, 7) is 3.06. The van der Waals surface area contributed by atoms with Crippen molar-refractivity contribution < 1.29 is 45.7 Å². The Balaban J connectivity index is 1.37. The minimum absolute atomic E-state index is 0.0272. The Morgan fingerprint density at radius 2 is 1.65 bits per heavy atom. The van der Waals surface area contributed by atoms with Crippen LogP contribution in [0.15, 0.2) is 48.5 Å². The van der Waals surface area contributed by atoms with Crippen LogP contribution in [0.4, 0.5) is 37.0 Å². The highest BCUT2D eigenvalue weighted by Gasteiger charge is 2.43. The number of ether oxygens (including phenoxy) is 2.